The number of ketones is 1. The average Bonchev–Trinajstić information content (AvgIpc) is 3.89. The number of aromatic nitrogens is 8. The maximum absolute atomic E-state index is 15.2. The molecule has 53 heavy (non-hydrogen) atoms. The molecule has 21 heteroatoms. The summed E-state index contributed by atoms with van der Waals surface area (Å²) in [4.78, 5) is 61.0. The lowest BCUT2D eigenvalue weighted by molar-refractivity contribution is -0.192. The fraction of sp³-hybridized carbons (Fsp3) is 0.344. The van der Waals surface area contributed by atoms with E-state index in [1.807, 2.05) is 54.2 Å². The Morgan fingerprint density at radius 1 is 1.06 bits per heavy atom. The average molecular weight is 743 g/mol. The number of alkyl halides is 3. The third-order valence-electron chi connectivity index (χ3n) is 8.07. The number of hydrogen-bond donors (Lipinski definition) is 3. The van der Waals surface area contributed by atoms with Crippen molar-refractivity contribution in [2.24, 2.45) is 7.05 Å². The highest BCUT2D eigenvalue weighted by atomic mass is 19.4. The van der Waals surface area contributed by atoms with E-state index in [2.05, 4.69) is 35.9 Å². The molecule has 0 spiro atoms. The summed E-state index contributed by atoms with van der Waals surface area (Å²) >= 11 is 0. The number of carboxylic acid groups (broad SMARTS) is 1. The van der Waals surface area contributed by atoms with Crippen LogP contribution >= 0.6 is 0 Å². The van der Waals surface area contributed by atoms with Crippen LogP contribution in [0.2, 0.25) is 0 Å². The molecule has 4 aromatic heterocycles. The Morgan fingerprint density at radius 2 is 1.74 bits per heavy atom. The molecule has 6 rings (SSSR count). The number of aliphatic carboxylic acids is 1. The van der Waals surface area contributed by atoms with Crippen LogP contribution < -0.4 is 10.2 Å². The summed E-state index contributed by atoms with van der Waals surface area (Å²) in [5.41, 5.74) is 1.75. The number of aryl methyl sites for hydroxylation is 1. The second-order valence-corrected chi connectivity index (χ2v) is 12.0. The number of anilines is 1. The highest BCUT2D eigenvalue weighted by Crippen LogP contribution is 2.30. The number of amides is 2. The topological polar surface area (TPSA) is 200 Å². The monoisotopic (exact) mass is 742 g/mol. The number of carbonyl (C=O) groups excluding carboxylic acids is 3. The molecule has 5 heterocycles. The summed E-state index contributed by atoms with van der Waals surface area (Å²) in [7, 11) is 5.55. The molecule has 3 N–H and O–H groups in total. The van der Waals surface area contributed by atoms with Gasteiger partial charge in [0, 0.05) is 46.0 Å². The molecule has 0 unspecified atom stereocenters. The van der Waals surface area contributed by atoms with E-state index in [1.54, 1.807) is 17.8 Å². The van der Waals surface area contributed by atoms with Gasteiger partial charge in [-0.05, 0) is 55.7 Å². The minimum absolute atomic E-state index is 0.0654. The van der Waals surface area contributed by atoms with Gasteiger partial charge in [-0.2, -0.15) is 23.0 Å². The van der Waals surface area contributed by atoms with Crippen LogP contribution in [0.4, 0.5) is 23.5 Å². The van der Waals surface area contributed by atoms with Gasteiger partial charge in [0.1, 0.15) is 17.1 Å². The molecule has 1 fully saturated rings. The van der Waals surface area contributed by atoms with Gasteiger partial charge in [-0.1, -0.05) is 23.3 Å². The van der Waals surface area contributed by atoms with Gasteiger partial charge in [0.15, 0.2) is 5.82 Å². The molecule has 1 aliphatic heterocycles. The summed E-state index contributed by atoms with van der Waals surface area (Å²) in [6.45, 7) is 2.61. The number of carboxylic acids is 1. The van der Waals surface area contributed by atoms with E-state index in [-0.39, 0.29) is 41.2 Å². The molecule has 2 amide bonds. The molecular weight excluding hydrogens is 708 g/mol. The molecule has 280 valence electrons. The number of carbonyl (C=O) groups is 4. The van der Waals surface area contributed by atoms with Gasteiger partial charge < -0.3 is 30.1 Å². The lowest BCUT2D eigenvalue weighted by Crippen LogP contribution is -2.51. The first kappa shape index (κ1) is 38.0. The molecule has 0 radical (unpaired) electrons. The SMILES string of the molecule is CN(C)CCCNC(=O)c1cc(-c2ncc(F)c3c(C(=O)C(=O)N4CCN(c5nnnn5-c5ccccc5)CC4)c[nH]c23)nn1C.O=C(O)C(F)(F)F. The van der Waals surface area contributed by atoms with Crippen molar-refractivity contribution in [3.05, 3.63) is 65.9 Å². The molecule has 0 aliphatic carbocycles. The fourth-order valence-electron chi connectivity index (χ4n) is 5.45. The van der Waals surface area contributed by atoms with E-state index >= 15 is 4.39 Å². The second-order valence-electron chi connectivity index (χ2n) is 12.0. The van der Waals surface area contributed by atoms with Crippen molar-refractivity contribution in [2.45, 2.75) is 12.6 Å². The Labute approximate surface area is 298 Å². The van der Waals surface area contributed by atoms with Crippen molar-refractivity contribution in [3.63, 3.8) is 0 Å². The third-order valence-corrected chi connectivity index (χ3v) is 8.07. The maximum Gasteiger partial charge on any atom is 0.490 e. The number of halogens is 4. The molecule has 0 saturated carbocycles. The number of pyridine rings is 1. The van der Waals surface area contributed by atoms with Gasteiger partial charge in [0.2, 0.25) is 5.95 Å². The van der Waals surface area contributed by atoms with E-state index in [0.717, 1.165) is 24.8 Å². The predicted octanol–water partition coefficient (Wildman–Crippen LogP) is 1.92. The number of tetrazole rings is 1. The summed E-state index contributed by atoms with van der Waals surface area (Å²) < 4.78 is 50.0. The first-order valence-electron chi connectivity index (χ1n) is 16.0. The Kier molecular flexibility index (Phi) is 11.4. The number of Topliss-reactive ketones (excluding diaryl/α,β-unsaturated/α-hetero) is 1. The number of hydrogen-bond acceptors (Lipinski definition) is 11. The zero-order valence-electron chi connectivity index (χ0n) is 28.6. The van der Waals surface area contributed by atoms with Crippen LogP contribution in [0.25, 0.3) is 28.0 Å². The molecule has 1 aromatic carbocycles. The minimum Gasteiger partial charge on any atom is -0.475 e. The normalized spacial score (nSPS) is 13.2. The number of piperazine rings is 1. The number of fused-ring (bicyclic) bond motifs is 1. The van der Waals surface area contributed by atoms with Gasteiger partial charge in [-0.15, -0.1) is 0 Å². The molecule has 0 atom stereocenters. The minimum atomic E-state index is -5.08. The molecule has 1 saturated heterocycles. The van der Waals surface area contributed by atoms with Crippen LogP contribution in [-0.2, 0) is 16.6 Å². The number of rotatable bonds is 10. The van der Waals surface area contributed by atoms with E-state index in [1.165, 1.54) is 15.8 Å². The fourth-order valence-corrected chi connectivity index (χ4v) is 5.45. The summed E-state index contributed by atoms with van der Waals surface area (Å²) in [6, 6.07) is 11.0. The van der Waals surface area contributed by atoms with Crippen molar-refractivity contribution in [1.82, 2.24) is 55.1 Å². The smallest absolute Gasteiger partial charge is 0.475 e. The number of aromatic amines is 1. The van der Waals surface area contributed by atoms with E-state index in [4.69, 9.17) is 9.90 Å². The highest BCUT2D eigenvalue weighted by Gasteiger charge is 2.38. The number of nitrogens with zero attached hydrogens (tertiary/aromatic N) is 10. The van der Waals surface area contributed by atoms with Crippen LogP contribution in [0.5, 0.6) is 0 Å². The largest absolute Gasteiger partial charge is 0.490 e. The van der Waals surface area contributed by atoms with Crippen LogP contribution in [-0.4, -0.2) is 138 Å². The van der Waals surface area contributed by atoms with Crippen LogP contribution in [0, 0.1) is 5.82 Å². The molecule has 0 bridgehead atoms. The molecule has 5 aromatic rings. The standard InChI is InChI=1S/C30H33FN12O3.C2HF3O2/c1-39(2)11-7-10-32-28(45)23-16-22(36-40(23)3)25-26-24(21(31)18-34-25)20(17-33-26)27(44)29(46)41-12-14-42(15-13-41)30-35-37-38-43(30)19-8-5-4-6-9-19;3-2(4,5)1(6)7/h4-6,8-9,16-18,33H,7,10-15H2,1-3H3,(H,32,45);(H,6,7). The van der Waals surface area contributed by atoms with Gasteiger partial charge in [-0.25, -0.2) is 14.2 Å². The second kappa shape index (κ2) is 16.0. The summed E-state index contributed by atoms with van der Waals surface area (Å²) in [5.74, 6) is -4.88. The molecule has 1 aliphatic rings. The van der Waals surface area contributed by atoms with Gasteiger partial charge in [0.05, 0.1) is 28.4 Å². The van der Waals surface area contributed by atoms with Crippen molar-refractivity contribution in [3.8, 4) is 17.1 Å². The molecular formula is C32H34F4N12O5. The Hall–Kier alpha value is -6.25. The summed E-state index contributed by atoms with van der Waals surface area (Å²) in [6.07, 6.45) is -2.01. The first-order chi connectivity index (χ1) is 25.2. The van der Waals surface area contributed by atoms with Gasteiger partial charge in [-0.3, -0.25) is 19.1 Å². The van der Waals surface area contributed by atoms with Crippen LogP contribution in [0.15, 0.2) is 48.8 Å². The Balaban J connectivity index is 0.000000705. The Bertz CT molecular complexity index is 2100. The lowest BCUT2D eigenvalue weighted by Gasteiger charge is -2.34. The van der Waals surface area contributed by atoms with Crippen LogP contribution in [0.1, 0.15) is 27.3 Å². The number of H-pyrrole nitrogens is 1. The zero-order chi connectivity index (χ0) is 38.4. The van der Waals surface area contributed by atoms with E-state index in [0.29, 0.717) is 37.0 Å². The van der Waals surface area contributed by atoms with Gasteiger partial charge >= 0.3 is 12.1 Å². The molecule has 17 nitrogen and oxygen atoms in total. The van der Waals surface area contributed by atoms with E-state index in [9.17, 15) is 27.6 Å². The van der Waals surface area contributed by atoms with Crippen molar-refractivity contribution >= 4 is 40.4 Å². The van der Waals surface area contributed by atoms with Crippen molar-refractivity contribution in [1.29, 1.82) is 0 Å². The maximum atomic E-state index is 15.2. The zero-order valence-corrected chi connectivity index (χ0v) is 28.6. The number of para-hydroxylation sites is 1. The quantitative estimate of drug-likeness (QED) is 0.0814. The number of nitrogens with one attached hydrogen (secondary N) is 2. The first-order valence-corrected chi connectivity index (χ1v) is 16.0. The highest BCUT2D eigenvalue weighted by molar-refractivity contribution is 6.45. The van der Waals surface area contributed by atoms with Gasteiger partial charge in [0.25, 0.3) is 17.6 Å². The summed E-state index contributed by atoms with van der Waals surface area (Å²) in [5, 5.41) is 26.4. The van der Waals surface area contributed by atoms with Crippen molar-refractivity contribution < 1.29 is 41.8 Å². The Morgan fingerprint density at radius 3 is 2.38 bits per heavy atom. The van der Waals surface area contributed by atoms with E-state index < -0.39 is 29.7 Å². The number of benzene rings is 1. The van der Waals surface area contributed by atoms with Crippen LogP contribution in [0.3, 0.4) is 0 Å². The lowest BCUT2D eigenvalue weighted by atomic mass is 10.1. The van der Waals surface area contributed by atoms with Crippen molar-refractivity contribution in [2.75, 3.05) is 58.3 Å². The third kappa shape index (κ3) is 8.63. The predicted molar refractivity (Wildman–Crippen MR) is 180 cm³/mol.